The van der Waals surface area contributed by atoms with E-state index >= 15 is 0 Å². The van der Waals surface area contributed by atoms with Gasteiger partial charge in [-0.15, -0.1) is 0 Å². The van der Waals surface area contributed by atoms with Gasteiger partial charge in [0.1, 0.15) is 5.82 Å². The van der Waals surface area contributed by atoms with Gasteiger partial charge in [-0.05, 0) is 36.2 Å². The molecule has 0 unspecified atom stereocenters. The molecule has 0 saturated heterocycles. The van der Waals surface area contributed by atoms with E-state index in [1.165, 1.54) is 12.1 Å². The van der Waals surface area contributed by atoms with Gasteiger partial charge in [-0.3, -0.25) is 4.68 Å². The van der Waals surface area contributed by atoms with Crippen LogP contribution in [0.4, 0.5) is 4.39 Å². The number of rotatable bonds is 3. The Morgan fingerprint density at radius 1 is 1.31 bits per heavy atom. The first-order valence-corrected chi connectivity index (χ1v) is 5.16. The Balaban J connectivity index is 2.33. The van der Waals surface area contributed by atoms with Crippen LogP contribution in [0.15, 0.2) is 30.5 Å². The van der Waals surface area contributed by atoms with Crippen molar-refractivity contribution in [1.82, 2.24) is 9.78 Å². The molecule has 0 aliphatic heterocycles. The lowest BCUT2D eigenvalue weighted by atomic mass is 10.1. The van der Waals surface area contributed by atoms with Gasteiger partial charge in [-0.2, -0.15) is 5.10 Å². The zero-order valence-corrected chi connectivity index (χ0v) is 9.15. The highest BCUT2D eigenvalue weighted by Crippen LogP contribution is 2.13. The fourth-order valence-electron chi connectivity index (χ4n) is 1.67. The van der Waals surface area contributed by atoms with E-state index in [2.05, 4.69) is 5.10 Å². The highest BCUT2D eigenvalue weighted by Gasteiger charge is 2.05. The molecular formula is C12H14FN3. The second kappa shape index (κ2) is 4.45. The van der Waals surface area contributed by atoms with E-state index in [1.807, 2.05) is 17.7 Å². The van der Waals surface area contributed by atoms with Crippen molar-refractivity contribution in [2.24, 2.45) is 5.73 Å². The molecule has 4 heteroatoms. The van der Waals surface area contributed by atoms with Gasteiger partial charge < -0.3 is 5.73 Å². The van der Waals surface area contributed by atoms with Crippen LogP contribution in [0, 0.1) is 12.7 Å². The molecule has 0 bridgehead atoms. The number of hydrogen-bond donors (Lipinski definition) is 1. The molecule has 0 saturated carbocycles. The molecule has 0 amide bonds. The average Bonchev–Trinajstić information content (AvgIpc) is 2.65. The molecule has 84 valence electrons. The summed E-state index contributed by atoms with van der Waals surface area (Å²) in [6, 6.07) is 6.59. The lowest BCUT2D eigenvalue weighted by Gasteiger charge is -2.09. The van der Waals surface area contributed by atoms with E-state index in [1.54, 1.807) is 12.3 Å². The summed E-state index contributed by atoms with van der Waals surface area (Å²) >= 11 is 0. The van der Waals surface area contributed by atoms with Gasteiger partial charge in [0.05, 0.1) is 6.54 Å². The Bertz CT molecular complexity index is 491. The van der Waals surface area contributed by atoms with E-state index in [0.29, 0.717) is 13.1 Å². The van der Waals surface area contributed by atoms with Crippen LogP contribution in [-0.2, 0) is 13.1 Å². The van der Waals surface area contributed by atoms with Gasteiger partial charge in [0, 0.05) is 18.4 Å². The molecule has 1 aromatic carbocycles. The minimum absolute atomic E-state index is 0.239. The first-order chi connectivity index (χ1) is 7.70. The summed E-state index contributed by atoms with van der Waals surface area (Å²) in [7, 11) is 0. The van der Waals surface area contributed by atoms with Crippen molar-refractivity contribution in [3.8, 4) is 0 Å². The fraction of sp³-hybridized carbons (Fsp3) is 0.250. The van der Waals surface area contributed by atoms with Crippen LogP contribution in [0.25, 0.3) is 0 Å². The molecule has 0 radical (unpaired) electrons. The molecule has 0 atom stereocenters. The SMILES string of the molecule is Cc1ccnn1Cc1cc(F)ccc1CN. The van der Waals surface area contributed by atoms with Crippen molar-refractivity contribution in [1.29, 1.82) is 0 Å². The third-order valence-corrected chi connectivity index (χ3v) is 2.64. The predicted molar refractivity (Wildman–Crippen MR) is 60.4 cm³/mol. The zero-order valence-electron chi connectivity index (χ0n) is 9.15. The second-order valence-corrected chi connectivity index (χ2v) is 3.75. The maximum Gasteiger partial charge on any atom is 0.123 e. The smallest absolute Gasteiger partial charge is 0.123 e. The van der Waals surface area contributed by atoms with Crippen molar-refractivity contribution >= 4 is 0 Å². The molecule has 0 aliphatic carbocycles. The molecule has 0 aliphatic rings. The molecule has 1 aromatic heterocycles. The Hall–Kier alpha value is -1.68. The van der Waals surface area contributed by atoms with E-state index < -0.39 is 0 Å². The van der Waals surface area contributed by atoms with Gasteiger partial charge in [0.25, 0.3) is 0 Å². The molecule has 16 heavy (non-hydrogen) atoms. The number of halogens is 1. The molecular weight excluding hydrogens is 205 g/mol. The highest BCUT2D eigenvalue weighted by atomic mass is 19.1. The summed E-state index contributed by atoms with van der Waals surface area (Å²) in [6.07, 6.45) is 1.73. The van der Waals surface area contributed by atoms with Gasteiger partial charge >= 0.3 is 0 Å². The zero-order chi connectivity index (χ0) is 11.5. The standard InChI is InChI=1S/C12H14FN3/c1-9-4-5-15-16(9)8-11-6-12(13)3-2-10(11)7-14/h2-6H,7-8,14H2,1H3. The van der Waals surface area contributed by atoms with Crippen LogP contribution in [0.2, 0.25) is 0 Å². The number of aromatic nitrogens is 2. The first-order valence-electron chi connectivity index (χ1n) is 5.16. The maximum atomic E-state index is 13.1. The van der Waals surface area contributed by atoms with Crippen LogP contribution < -0.4 is 5.73 Å². The largest absolute Gasteiger partial charge is 0.326 e. The van der Waals surface area contributed by atoms with Gasteiger partial charge in [0.15, 0.2) is 0 Å². The summed E-state index contributed by atoms with van der Waals surface area (Å²) in [5.41, 5.74) is 8.50. The van der Waals surface area contributed by atoms with Crippen LogP contribution in [0.5, 0.6) is 0 Å². The molecule has 2 aromatic rings. The minimum Gasteiger partial charge on any atom is -0.326 e. The van der Waals surface area contributed by atoms with Crippen LogP contribution in [-0.4, -0.2) is 9.78 Å². The van der Waals surface area contributed by atoms with Crippen molar-refractivity contribution in [2.75, 3.05) is 0 Å². The van der Waals surface area contributed by atoms with Crippen molar-refractivity contribution < 1.29 is 4.39 Å². The van der Waals surface area contributed by atoms with E-state index in [0.717, 1.165) is 16.8 Å². The lowest BCUT2D eigenvalue weighted by molar-refractivity contribution is 0.613. The number of nitrogens with two attached hydrogens (primary N) is 1. The Morgan fingerprint density at radius 2 is 2.12 bits per heavy atom. The predicted octanol–water partition coefficient (Wildman–Crippen LogP) is 1.84. The minimum atomic E-state index is -0.239. The molecule has 2 N–H and O–H groups in total. The normalized spacial score (nSPS) is 10.7. The number of hydrogen-bond acceptors (Lipinski definition) is 2. The third kappa shape index (κ3) is 2.12. The summed E-state index contributed by atoms with van der Waals surface area (Å²) in [5.74, 6) is -0.239. The number of benzene rings is 1. The van der Waals surface area contributed by atoms with Crippen LogP contribution in [0.3, 0.4) is 0 Å². The quantitative estimate of drug-likeness (QED) is 0.856. The highest BCUT2D eigenvalue weighted by molar-refractivity contribution is 5.28. The molecule has 0 fully saturated rings. The summed E-state index contributed by atoms with van der Waals surface area (Å²) in [6.45, 7) is 2.94. The molecule has 3 nitrogen and oxygen atoms in total. The third-order valence-electron chi connectivity index (χ3n) is 2.64. The van der Waals surface area contributed by atoms with Crippen molar-refractivity contribution in [3.05, 3.63) is 53.1 Å². The first kappa shape index (κ1) is 10.8. The monoisotopic (exact) mass is 219 g/mol. The van der Waals surface area contributed by atoms with Crippen molar-refractivity contribution in [3.63, 3.8) is 0 Å². The van der Waals surface area contributed by atoms with Gasteiger partial charge in [-0.25, -0.2) is 4.39 Å². The van der Waals surface area contributed by atoms with E-state index in [9.17, 15) is 4.39 Å². The Kier molecular flexibility index (Phi) is 3.01. The van der Waals surface area contributed by atoms with Crippen molar-refractivity contribution in [2.45, 2.75) is 20.0 Å². The molecule has 1 heterocycles. The van der Waals surface area contributed by atoms with Crippen LogP contribution in [0.1, 0.15) is 16.8 Å². The van der Waals surface area contributed by atoms with Crippen LogP contribution >= 0.6 is 0 Å². The van der Waals surface area contributed by atoms with Gasteiger partial charge in [-0.1, -0.05) is 6.07 Å². The van der Waals surface area contributed by atoms with E-state index in [-0.39, 0.29) is 5.82 Å². The lowest BCUT2D eigenvalue weighted by Crippen LogP contribution is -2.09. The summed E-state index contributed by atoms with van der Waals surface area (Å²) in [5, 5.41) is 4.17. The Morgan fingerprint density at radius 3 is 2.75 bits per heavy atom. The fourth-order valence-corrected chi connectivity index (χ4v) is 1.67. The number of nitrogens with zero attached hydrogens (tertiary/aromatic N) is 2. The molecule has 0 spiro atoms. The van der Waals surface area contributed by atoms with E-state index in [4.69, 9.17) is 5.73 Å². The number of aryl methyl sites for hydroxylation is 1. The summed E-state index contributed by atoms with van der Waals surface area (Å²) in [4.78, 5) is 0. The maximum absolute atomic E-state index is 13.1. The summed E-state index contributed by atoms with van der Waals surface area (Å²) < 4.78 is 15.0. The topological polar surface area (TPSA) is 43.8 Å². The molecule has 2 rings (SSSR count). The Labute approximate surface area is 93.7 Å². The average molecular weight is 219 g/mol. The van der Waals surface area contributed by atoms with Gasteiger partial charge in [0.2, 0.25) is 0 Å². The second-order valence-electron chi connectivity index (χ2n) is 3.75.